The van der Waals surface area contributed by atoms with Crippen molar-refractivity contribution in [3.63, 3.8) is 0 Å². The number of rotatable bonds is 4. The number of hydrogen-bond donors (Lipinski definition) is 2. The molecule has 0 radical (unpaired) electrons. The number of hydrogen-bond acceptors (Lipinski definition) is 6. The number of thiazole rings is 1. The number of aromatic hydroxyl groups is 1. The van der Waals surface area contributed by atoms with E-state index in [1.54, 1.807) is 13.3 Å². The van der Waals surface area contributed by atoms with Gasteiger partial charge in [-0.15, -0.1) is 0 Å². The van der Waals surface area contributed by atoms with E-state index >= 15 is 0 Å². The third kappa shape index (κ3) is 3.02. The van der Waals surface area contributed by atoms with Crippen LogP contribution in [0.2, 0.25) is 0 Å². The Kier molecular flexibility index (Phi) is 4.32. The lowest BCUT2D eigenvalue weighted by atomic mass is 10.1. The van der Waals surface area contributed by atoms with Crippen molar-refractivity contribution < 1.29 is 9.84 Å². The van der Waals surface area contributed by atoms with Gasteiger partial charge in [0, 0.05) is 17.4 Å². The molecule has 1 aromatic heterocycles. The maximum absolute atomic E-state index is 10.6. The topological polar surface area (TPSA) is 58.8 Å². The summed E-state index contributed by atoms with van der Waals surface area (Å²) in [5.74, 6) is 0.835. The van der Waals surface area contributed by atoms with Crippen LogP contribution in [-0.4, -0.2) is 23.1 Å². The Morgan fingerprint density at radius 3 is 2.81 bits per heavy atom. The van der Waals surface area contributed by atoms with E-state index in [9.17, 15) is 5.11 Å². The molecule has 1 aliphatic rings. The zero-order valence-electron chi connectivity index (χ0n) is 13.8. The first-order valence-corrected chi connectivity index (χ1v) is 9.09. The van der Waals surface area contributed by atoms with Gasteiger partial charge in [-0.25, -0.2) is 4.68 Å². The van der Waals surface area contributed by atoms with Crippen molar-refractivity contribution in [3.05, 3.63) is 62.9 Å². The fourth-order valence-electron chi connectivity index (χ4n) is 2.67. The number of para-hydroxylation sites is 1. The highest BCUT2D eigenvalue weighted by atomic mass is 32.1. The molecule has 0 saturated heterocycles. The van der Waals surface area contributed by atoms with E-state index in [0.717, 1.165) is 28.3 Å². The smallest absolute Gasteiger partial charge is 0.230 e. The molecular weight excluding hydrogens is 366 g/mol. The van der Waals surface area contributed by atoms with Crippen LogP contribution in [-0.2, 0) is 0 Å². The van der Waals surface area contributed by atoms with Gasteiger partial charge >= 0.3 is 0 Å². The number of anilines is 1. The van der Waals surface area contributed by atoms with E-state index in [0.29, 0.717) is 8.83 Å². The number of methoxy groups -OCH3 is 1. The van der Waals surface area contributed by atoms with Crippen molar-refractivity contribution in [2.45, 2.75) is 0 Å². The van der Waals surface area contributed by atoms with Crippen molar-refractivity contribution in [1.29, 1.82) is 0 Å². The number of fused-ring (bicyclic) bond motifs is 1. The molecule has 0 aliphatic carbocycles. The Labute approximate surface area is 159 Å². The summed E-state index contributed by atoms with van der Waals surface area (Å²) in [7, 11) is 1.63. The molecule has 5 nitrogen and oxygen atoms in total. The minimum atomic E-state index is 0.0705. The minimum Gasteiger partial charge on any atom is -0.497 e. The molecule has 0 fully saturated rings. The molecule has 0 unspecified atom stereocenters. The van der Waals surface area contributed by atoms with E-state index in [-0.39, 0.29) is 5.88 Å². The van der Waals surface area contributed by atoms with Gasteiger partial charge in [-0.3, -0.25) is 10.4 Å². The highest BCUT2D eigenvalue weighted by Crippen LogP contribution is 2.37. The molecule has 0 bridgehead atoms. The van der Waals surface area contributed by atoms with E-state index in [1.165, 1.54) is 16.0 Å². The Morgan fingerprint density at radius 1 is 1.23 bits per heavy atom. The van der Waals surface area contributed by atoms with Crippen molar-refractivity contribution in [1.82, 2.24) is 4.68 Å². The van der Waals surface area contributed by atoms with Gasteiger partial charge in [0.2, 0.25) is 5.88 Å². The Balaban J connectivity index is 1.71. The van der Waals surface area contributed by atoms with Gasteiger partial charge in [0.15, 0.2) is 3.95 Å². The number of nitrogens with zero attached hydrogens (tertiary/aromatic N) is 2. The average molecular weight is 381 g/mol. The number of nitrogens with one attached hydrogen (secondary N) is 1. The molecular formula is C19H15N3O2S2. The standard InChI is InChI=1S/C19H15N3O2S2/c1-24-14-7-8-16-15(10-14)12(11-20-16)9-17-18(23)22(19(25)26-17)21-13-5-3-2-4-6-13/h2-11,21,23H,1H3/b12-9+. The second kappa shape index (κ2) is 6.78. The van der Waals surface area contributed by atoms with Crippen molar-refractivity contribution in [2.24, 2.45) is 4.99 Å². The van der Waals surface area contributed by atoms with Crippen molar-refractivity contribution in [3.8, 4) is 11.6 Å². The van der Waals surface area contributed by atoms with Crippen LogP contribution in [0.3, 0.4) is 0 Å². The summed E-state index contributed by atoms with van der Waals surface area (Å²) < 4.78 is 7.32. The van der Waals surface area contributed by atoms with Gasteiger partial charge in [0.05, 0.1) is 23.4 Å². The summed E-state index contributed by atoms with van der Waals surface area (Å²) in [5.41, 5.74) is 6.69. The molecule has 0 spiro atoms. The van der Waals surface area contributed by atoms with Crippen LogP contribution in [0.4, 0.5) is 11.4 Å². The number of aliphatic imine (C=N–C) groups is 1. The maximum Gasteiger partial charge on any atom is 0.230 e. The first-order valence-electron chi connectivity index (χ1n) is 7.87. The first kappa shape index (κ1) is 16.6. The normalized spacial score (nSPS) is 13.8. The van der Waals surface area contributed by atoms with Gasteiger partial charge in [0.1, 0.15) is 5.75 Å². The molecule has 4 rings (SSSR count). The SMILES string of the molecule is COc1ccc2c(c1)/C(=C/c1sc(=S)n(Nc3ccccc3)c1O)C=N2. The molecule has 26 heavy (non-hydrogen) atoms. The van der Waals surface area contributed by atoms with Crippen LogP contribution in [0, 0.1) is 3.95 Å². The molecule has 0 saturated carbocycles. The lowest BCUT2D eigenvalue weighted by Gasteiger charge is -2.08. The van der Waals surface area contributed by atoms with Gasteiger partial charge in [-0.1, -0.05) is 29.5 Å². The molecule has 130 valence electrons. The highest BCUT2D eigenvalue weighted by molar-refractivity contribution is 7.73. The molecule has 1 aliphatic heterocycles. The summed E-state index contributed by atoms with van der Waals surface area (Å²) in [4.78, 5) is 5.07. The molecule has 7 heteroatoms. The quantitative estimate of drug-likeness (QED) is 0.616. The van der Waals surface area contributed by atoms with Gasteiger partial charge in [-0.2, -0.15) is 0 Å². The molecule has 2 aromatic carbocycles. The lowest BCUT2D eigenvalue weighted by molar-refractivity contribution is 0.415. The number of allylic oxidation sites excluding steroid dienone is 1. The largest absolute Gasteiger partial charge is 0.497 e. The van der Waals surface area contributed by atoms with E-state index in [4.69, 9.17) is 17.0 Å². The molecule has 0 amide bonds. The summed E-state index contributed by atoms with van der Waals surface area (Å²) >= 11 is 6.72. The molecule has 2 heterocycles. The van der Waals surface area contributed by atoms with Crippen LogP contribution in [0.5, 0.6) is 11.6 Å². The van der Waals surface area contributed by atoms with E-state index < -0.39 is 0 Å². The number of aromatic nitrogens is 1. The van der Waals surface area contributed by atoms with E-state index in [1.807, 2.05) is 54.6 Å². The third-order valence-corrected chi connectivity index (χ3v) is 5.28. The monoisotopic (exact) mass is 381 g/mol. The maximum atomic E-state index is 10.6. The lowest BCUT2D eigenvalue weighted by Crippen LogP contribution is -2.07. The summed E-state index contributed by atoms with van der Waals surface area (Å²) in [5, 5.41) is 10.6. The zero-order valence-corrected chi connectivity index (χ0v) is 15.5. The summed E-state index contributed by atoms with van der Waals surface area (Å²) in [6, 6.07) is 15.3. The predicted molar refractivity (Wildman–Crippen MR) is 109 cm³/mol. The number of benzene rings is 2. The van der Waals surface area contributed by atoms with Crippen LogP contribution in [0.15, 0.2) is 53.5 Å². The van der Waals surface area contributed by atoms with Crippen LogP contribution >= 0.6 is 23.6 Å². The van der Waals surface area contributed by atoms with Crippen LogP contribution in [0.25, 0.3) is 11.6 Å². The average Bonchev–Trinajstić information content (AvgIpc) is 3.18. The van der Waals surface area contributed by atoms with Crippen LogP contribution < -0.4 is 10.2 Å². The van der Waals surface area contributed by atoms with Crippen LogP contribution in [0.1, 0.15) is 10.4 Å². The van der Waals surface area contributed by atoms with Crippen molar-refractivity contribution >= 4 is 52.8 Å². The first-order chi connectivity index (χ1) is 12.7. The Morgan fingerprint density at radius 2 is 2.04 bits per heavy atom. The summed E-state index contributed by atoms with van der Waals surface area (Å²) in [6.45, 7) is 0. The Hall–Kier alpha value is -2.90. The number of ether oxygens (including phenoxy) is 1. The molecule has 2 N–H and O–H groups in total. The second-order valence-electron chi connectivity index (χ2n) is 5.61. The summed E-state index contributed by atoms with van der Waals surface area (Å²) in [6.07, 6.45) is 3.66. The fraction of sp³-hybridized carbons (Fsp3) is 0.0526. The minimum absolute atomic E-state index is 0.0705. The van der Waals surface area contributed by atoms with Crippen molar-refractivity contribution in [2.75, 3.05) is 12.5 Å². The van der Waals surface area contributed by atoms with Gasteiger partial charge in [-0.05, 0) is 48.6 Å². The second-order valence-corrected chi connectivity index (χ2v) is 7.29. The van der Waals surface area contributed by atoms with Gasteiger partial charge in [0.25, 0.3) is 0 Å². The third-order valence-electron chi connectivity index (χ3n) is 3.97. The Bertz CT molecular complexity index is 1080. The zero-order chi connectivity index (χ0) is 18.1. The van der Waals surface area contributed by atoms with Gasteiger partial charge < -0.3 is 9.84 Å². The van der Waals surface area contributed by atoms with E-state index in [2.05, 4.69) is 10.4 Å². The highest BCUT2D eigenvalue weighted by Gasteiger charge is 2.16. The predicted octanol–water partition coefficient (Wildman–Crippen LogP) is 5.12. The molecule has 3 aromatic rings. The fourth-order valence-corrected chi connectivity index (χ4v) is 3.85. The molecule has 0 atom stereocenters.